The zero-order valence-corrected chi connectivity index (χ0v) is 12.8. The molecule has 1 amide bonds. The third-order valence-electron chi connectivity index (χ3n) is 2.59. The minimum Gasteiger partial charge on any atom is -0.409 e. The number of oxime groups is 1. The molecule has 0 unspecified atom stereocenters. The molecule has 0 saturated heterocycles. The van der Waals surface area contributed by atoms with Crippen molar-refractivity contribution in [2.24, 2.45) is 10.9 Å². The van der Waals surface area contributed by atoms with Crippen LogP contribution in [0.3, 0.4) is 0 Å². The van der Waals surface area contributed by atoms with Gasteiger partial charge in [0.2, 0.25) is 0 Å². The predicted molar refractivity (Wildman–Crippen MR) is 78.8 cm³/mol. The summed E-state index contributed by atoms with van der Waals surface area (Å²) in [7, 11) is 0. The molecule has 0 aliphatic rings. The summed E-state index contributed by atoms with van der Waals surface area (Å²) < 4.78 is 0.785. The van der Waals surface area contributed by atoms with Gasteiger partial charge in [-0.2, -0.15) is 0 Å². The first-order valence-electron chi connectivity index (χ1n) is 5.70. The third-order valence-corrected chi connectivity index (χ3v) is 3.42. The van der Waals surface area contributed by atoms with Crippen LogP contribution in [0, 0.1) is 0 Å². The Morgan fingerprint density at radius 3 is 2.84 bits per heavy atom. The van der Waals surface area contributed by atoms with Crippen LogP contribution < -0.4 is 5.73 Å². The SMILES string of the molecule is CCN(CCC(N)=NO)C(=O)c1cc(Br)ccc1Cl. The first-order chi connectivity index (χ1) is 8.99. The average Bonchev–Trinajstić information content (AvgIpc) is 2.41. The fourth-order valence-electron chi connectivity index (χ4n) is 1.53. The second-order valence-electron chi connectivity index (χ2n) is 3.85. The van der Waals surface area contributed by atoms with E-state index in [2.05, 4.69) is 21.1 Å². The Morgan fingerprint density at radius 2 is 2.26 bits per heavy atom. The first-order valence-corrected chi connectivity index (χ1v) is 6.87. The predicted octanol–water partition coefficient (Wildman–Crippen LogP) is 2.70. The van der Waals surface area contributed by atoms with Crippen molar-refractivity contribution in [1.82, 2.24) is 4.90 Å². The lowest BCUT2D eigenvalue weighted by Crippen LogP contribution is -2.34. The highest BCUT2D eigenvalue weighted by molar-refractivity contribution is 9.10. The summed E-state index contributed by atoms with van der Waals surface area (Å²) in [4.78, 5) is 13.9. The zero-order valence-electron chi connectivity index (χ0n) is 10.4. The van der Waals surface area contributed by atoms with Crippen LogP contribution in [-0.2, 0) is 0 Å². The lowest BCUT2D eigenvalue weighted by Gasteiger charge is -2.21. The van der Waals surface area contributed by atoms with Gasteiger partial charge in [-0.15, -0.1) is 0 Å². The lowest BCUT2D eigenvalue weighted by molar-refractivity contribution is 0.0768. The number of amides is 1. The lowest BCUT2D eigenvalue weighted by atomic mass is 10.2. The molecule has 0 radical (unpaired) electrons. The highest BCUT2D eigenvalue weighted by atomic mass is 79.9. The van der Waals surface area contributed by atoms with Crippen LogP contribution in [0.15, 0.2) is 27.8 Å². The smallest absolute Gasteiger partial charge is 0.255 e. The van der Waals surface area contributed by atoms with E-state index in [0.717, 1.165) is 4.47 Å². The van der Waals surface area contributed by atoms with Crippen LogP contribution in [-0.4, -0.2) is 34.9 Å². The Balaban J connectivity index is 2.86. The largest absolute Gasteiger partial charge is 0.409 e. The number of carbonyl (C=O) groups is 1. The van der Waals surface area contributed by atoms with Crippen LogP contribution in [0.1, 0.15) is 23.7 Å². The number of hydrogen-bond acceptors (Lipinski definition) is 3. The van der Waals surface area contributed by atoms with Gasteiger partial charge in [0.1, 0.15) is 5.84 Å². The van der Waals surface area contributed by atoms with E-state index < -0.39 is 0 Å². The number of nitrogens with zero attached hydrogens (tertiary/aromatic N) is 2. The molecule has 0 atom stereocenters. The topological polar surface area (TPSA) is 78.9 Å². The van der Waals surface area contributed by atoms with E-state index in [1.54, 1.807) is 23.1 Å². The van der Waals surface area contributed by atoms with Gasteiger partial charge in [-0.3, -0.25) is 4.79 Å². The molecule has 104 valence electrons. The Morgan fingerprint density at radius 1 is 1.58 bits per heavy atom. The molecule has 0 aliphatic heterocycles. The number of hydrogen-bond donors (Lipinski definition) is 2. The van der Waals surface area contributed by atoms with Gasteiger partial charge < -0.3 is 15.8 Å². The molecule has 7 heteroatoms. The minimum atomic E-state index is -0.181. The molecule has 0 fully saturated rings. The Labute approximate surface area is 125 Å². The highest BCUT2D eigenvalue weighted by Crippen LogP contribution is 2.22. The maximum atomic E-state index is 12.3. The summed E-state index contributed by atoms with van der Waals surface area (Å²) in [5.74, 6) is -0.0915. The summed E-state index contributed by atoms with van der Waals surface area (Å²) >= 11 is 9.33. The van der Waals surface area contributed by atoms with E-state index in [0.29, 0.717) is 30.1 Å². The van der Waals surface area contributed by atoms with Gasteiger partial charge in [0, 0.05) is 24.0 Å². The average molecular weight is 349 g/mol. The van der Waals surface area contributed by atoms with Gasteiger partial charge in [-0.1, -0.05) is 32.7 Å². The van der Waals surface area contributed by atoms with E-state index >= 15 is 0 Å². The minimum absolute atomic E-state index is 0.0894. The standard InChI is InChI=1S/C12H15BrClN3O2/c1-2-17(6-5-11(15)16-19)12(18)9-7-8(13)3-4-10(9)14/h3-4,7,19H,2,5-6H2,1H3,(H2,15,16). The maximum Gasteiger partial charge on any atom is 0.255 e. The molecule has 0 saturated carbocycles. The van der Waals surface area contributed by atoms with Crippen molar-refractivity contribution in [3.63, 3.8) is 0 Å². The summed E-state index contributed by atoms with van der Waals surface area (Å²) in [5, 5.41) is 11.8. The van der Waals surface area contributed by atoms with Crippen LogP contribution >= 0.6 is 27.5 Å². The number of nitrogens with two attached hydrogens (primary N) is 1. The molecule has 1 aromatic carbocycles. The molecule has 1 aromatic rings. The molecular formula is C12H15BrClN3O2. The second kappa shape index (κ2) is 7.35. The molecule has 0 bridgehead atoms. The van der Waals surface area contributed by atoms with Crippen molar-refractivity contribution in [2.45, 2.75) is 13.3 Å². The summed E-state index contributed by atoms with van der Waals surface area (Å²) in [6.45, 7) is 2.74. The molecule has 3 N–H and O–H groups in total. The van der Waals surface area contributed by atoms with Crippen LogP contribution in [0.2, 0.25) is 5.02 Å². The third kappa shape index (κ3) is 4.40. The fourth-order valence-corrected chi connectivity index (χ4v) is 2.09. The van der Waals surface area contributed by atoms with Crippen molar-refractivity contribution in [3.05, 3.63) is 33.3 Å². The number of rotatable bonds is 5. The monoisotopic (exact) mass is 347 g/mol. The molecule has 0 aromatic heterocycles. The highest BCUT2D eigenvalue weighted by Gasteiger charge is 2.17. The quantitative estimate of drug-likeness (QED) is 0.372. The summed E-state index contributed by atoms with van der Waals surface area (Å²) in [5.41, 5.74) is 5.83. The van der Waals surface area contributed by atoms with Gasteiger partial charge in [-0.25, -0.2) is 0 Å². The number of halogens is 2. The van der Waals surface area contributed by atoms with E-state index in [4.69, 9.17) is 22.5 Å². The second-order valence-corrected chi connectivity index (χ2v) is 5.17. The van der Waals surface area contributed by atoms with E-state index in [1.807, 2.05) is 6.92 Å². The van der Waals surface area contributed by atoms with E-state index in [-0.39, 0.29) is 11.7 Å². The molecule has 19 heavy (non-hydrogen) atoms. The normalized spacial score (nSPS) is 11.4. The Hall–Kier alpha value is -1.27. The van der Waals surface area contributed by atoms with Crippen molar-refractivity contribution in [3.8, 4) is 0 Å². The van der Waals surface area contributed by atoms with Gasteiger partial charge in [0.05, 0.1) is 10.6 Å². The summed E-state index contributed by atoms with van der Waals surface area (Å²) in [6.07, 6.45) is 0.307. The maximum absolute atomic E-state index is 12.3. The van der Waals surface area contributed by atoms with Crippen molar-refractivity contribution < 1.29 is 10.0 Å². The van der Waals surface area contributed by atoms with Crippen molar-refractivity contribution in [2.75, 3.05) is 13.1 Å². The van der Waals surface area contributed by atoms with Crippen molar-refractivity contribution >= 4 is 39.3 Å². The van der Waals surface area contributed by atoms with Crippen LogP contribution in [0.4, 0.5) is 0 Å². The molecular weight excluding hydrogens is 334 g/mol. The Bertz CT molecular complexity index is 494. The molecule has 1 rings (SSSR count). The number of carbonyl (C=O) groups excluding carboxylic acids is 1. The first kappa shape index (κ1) is 15.8. The van der Waals surface area contributed by atoms with Crippen LogP contribution in [0.25, 0.3) is 0 Å². The molecule has 0 aliphatic carbocycles. The Kier molecular flexibility index (Phi) is 6.11. The molecule has 0 heterocycles. The number of amidine groups is 1. The van der Waals surface area contributed by atoms with E-state index in [1.165, 1.54) is 0 Å². The fraction of sp³-hybridized carbons (Fsp3) is 0.333. The van der Waals surface area contributed by atoms with Gasteiger partial charge in [-0.05, 0) is 25.1 Å². The van der Waals surface area contributed by atoms with Crippen LogP contribution in [0.5, 0.6) is 0 Å². The number of benzene rings is 1. The molecule has 5 nitrogen and oxygen atoms in total. The van der Waals surface area contributed by atoms with E-state index in [9.17, 15) is 4.79 Å². The zero-order chi connectivity index (χ0) is 14.4. The van der Waals surface area contributed by atoms with Gasteiger partial charge >= 0.3 is 0 Å². The van der Waals surface area contributed by atoms with Gasteiger partial charge in [0.25, 0.3) is 5.91 Å². The van der Waals surface area contributed by atoms with Gasteiger partial charge in [0.15, 0.2) is 0 Å². The summed E-state index contributed by atoms with van der Waals surface area (Å²) in [6, 6.07) is 5.11. The molecule has 0 spiro atoms. The van der Waals surface area contributed by atoms with Crippen molar-refractivity contribution in [1.29, 1.82) is 0 Å².